The molecule has 2 unspecified atom stereocenters. The quantitative estimate of drug-likeness (QED) is 0.479. The van der Waals surface area contributed by atoms with Gasteiger partial charge in [0.05, 0.1) is 0 Å². The van der Waals surface area contributed by atoms with Crippen LogP contribution >= 0.6 is 0 Å². The number of phenols is 1. The van der Waals surface area contributed by atoms with Crippen LogP contribution < -0.4 is 4.74 Å². The molecule has 2 aliphatic heterocycles. The molecule has 1 fully saturated rings. The number of hydrogen-bond donors (Lipinski definition) is 2. The smallest absolute Gasteiger partial charge is 0.387 e. The molecule has 0 aliphatic carbocycles. The van der Waals surface area contributed by atoms with Crippen molar-refractivity contribution in [1.82, 2.24) is 19.7 Å². The molecular weight excluding hydrogens is 470 g/mol. The van der Waals surface area contributed by atoms with Crippen LogP contribution in [0.2, 0.25) is 0 Å². The van der Waals surface area contributed by atoms with Gasteiger partial charge in [0, 0.05) is 29.6 Å². The number of phenolic OH excluding ortho intramolecular Hbond substituents is 1. The van der Waals surface area contributed by atoms with Crippen LogP contribution in [0.3, 0.4) is 0 Å². The SMILES string of the molecule is CN(C)CCCN1C(=O)N2C(c3cccc(O)c3)c3[nH]c4ccc(OC(F)F)cc4c3CC2(C)C1=O. The van der Waals surface area contributed by atoms with Crippen LogP contribution in [0.1, 0.15) is 36.2 Å². The highest BCUT2D eigenvalue weighted by Crippen LogP contribution is 2.49. The predicted molar refractivity (Wildman–Crippen MR) is 129 cm³/mol. The molecule has 8 nitrogen and oxygen atoms in total. The largest absolute Gasteiger partial charge is 0.508 e. The number of H-pyrrole nitrogens is 1. The zero-order valence-corrected chi connectivity index (χ0v) is 20.3. The molecular formula is C26H28F2N4O4. The molecule has 5 rings (SSSR count). The third-order valence-corrected chi connectivity index (χ3v) is 7.04. The Morgan fingerprint density at radius 3 is 2.69 bits per heavy atom. The summed E-state index contributed by atoms with van der Waals surface area (Å²) in [5.74, 6) is -0.248. The Kier molecular flexibility index (Phi) is 5.86. The molecule has 0 spiro atoms. The average Bonchev–Trinajstić information content (AvgIpc) is 3.24. The summed E-state index contributed by atoms with van der Waals surface area (Å²) in [4.78, 5) is 35.7. The molecule has 190 valence electrons. The van der Waals surface area contributed by atoms with Gasteiger partial charge in [0.2, 0.25) is 0 Å². The number of carbonyl (C=O) groups is 2. The van der Waals surface area contributed by atoms with Gasteiger partial charge in [-0.1, -0.05) is 12.1 Å². The van der Waals surface area contributed by atoms with E-state index in [4.69, 9.17) is 0 Å². The van der Waals surface area contributed by atoms with E-state index in [9.17, 15) is 23.5 Å². The number of nitrogens with one attached hydrogen (secondary N) is 1. The number of rotatable bonds is 7. The standard InChI is InChI=1S/C26H28F2N4O4/c1-26-14-19-18-13-17(36-24(27)28)8-9-20(18)29-21(19)22(15-6-4-7-16(33)12-15)32(26)25(35)31(23(26)34)11-5-10-30(2)3/h4,6-9,12-13,22,24,29,33H,5,10-11,14H2,1-3H3. The van der Waals surface area contributed by atoms with E-state index in [2.05, 4.69) is 9.72 Å². The minimum atomic E-state index is -2.96. The summed E-state index contributed by atoms with van der Waals surface area (Å²) in [5.41, 5.74) is 1.56. The first kappa shape index (κ1) is 24.1. The van der Waals surface area contributed by atoms with E-state index in [0.717, 1.165) is 12.1 Å². The number of imide groups is 1. The number of aromatic amines is 1. The third kappa shape index (κ3) is 3.85. The van der Waals surface area contributed by atoms with Gasteiger partial charge >= 0.3 is 12.6 Å². The van der Waals surface area contributed by atoms with Crippen LogP contribution in [0.5, 0.6) is 11.5 Å². The number of amides is 3. The number of hydrogen-bond acceptors (Lipinski definition) is 5. The first-order valence-electron chi connectivity index (χ1n) is 11.8. The van der Waals surface area contributed by atoms with Crippen molar-refractivity contribution in [2.45, 2.75) is 38.0 Å². The number of carbonyl (C=O) groups excluding carboxylic acids is 2. The molecule has 3 heterocycles. The lowest BCUT2D eigenvalue weighted by atomic mass is 9.81. The maximum absolute atomic E-state index is 13.7. The first-order valence-corrected chi connectivity index (χ1v) is 11.8. The highest BCUT2D eigenvalue weighted by atomic mass is 19.3. The number of halogens is 2. The molecule has 2 aromatic carbocycles. The lowest BCUT2D eigenvalue weighted by Gasteiger charge is -2.42. The normalized spacial score (nSPS) is 21.6. The van der Waals surface area contributed by atoms with E-state index < -0.39 is 18.2 Å². The van der Waals surface area contributed by atoms with E-state index in [1.807, 2.05) is 19.0 Å². The fourth-order valence-electron chi connectivity index (χ4n) is 5.45. The van der Waals surface area contributed by atoms with Crippen molar-refractivity contribution in [1.29, 1.82) is 0 Å². The first-order chi connectivity index (χ1) is 17.1. The van der Waals surface area contributed by atoms with Crippen molar-refractivity contribution >= 4 is 22.8 Å². The highest BCUT2D eigenvalue weighted by Gasteiger charge is 2.60. The fraction of sp³-hybridized carbons (Fsp3) is 0.385. The topological polar surface area (TPSA) is 89.1 Å². The summed E-state index contributed by atoms with van der Waals surface area (Å²) in [6, 6.07) is 10.1. The molecule has 2 atom stereocenters. The van der Waals surface area contributed by atoms with Crippen molar-refractivity contribution < 1.29 is 28.2 Å². The van der Waals surface area contributed by atoms with Gasteiger partial charge in [-0.3, -0.25) is 14.6 Å². The zero-order valence-electron chi connectivity index (χ0n) is 20.3. The van der Waals surface area contributed by atoms with Gasteiger partial charge in [-0.15, -0.1) is 0 Å². The number of aromatic nitrogens is 1. The summed E-state index contributed by atoms with van der Waals surface area (Å²) < 4.78 is 30.4. The van der Waals surface area contributed by atoms with Crippen molar-refractivity contribution in [3.05, 3.63) is 59.3 Å². The monoisotopic (exact) mass is 498 g/mol. The zero-order chi connectivity index (χ0) is 25.8. The molecule has 0 radical (unpaired) electrons. The van der Waals surface area contributed by atoms with Gasteiger partial charge in [0.1, 0.15) is 23.1 Å². The van der Waals surface area contributed by atoms with Gasteiger partial charge in [-0.05, 0) is 75.4 Å². The maximum atomic E-state index is 13.7. The Labute approximate surface area is 207 Å². The number of ether oxygens (including phenoxy) is 1. The number of aromatic hydroxyl groups is 1. The van der Waals surface area contributed by atoms with E-state index in [0.29, 0.717) is 28.6 Å². The number of alkyl halides is 2. The molecule has 2 N–H and O–H groups in total. The van der Waals surface area contributed by atoms with Crippen molar-refractivity contribution in [2.75, 3.05) is 27.2 Å². The summed E-state index contributed by atoms with van der Waals surface area (Å²) in [5, 5.41) is 10.9. The minimum absolute atomic E-state index is 0.0138. The fourth-order valence-corrected chi connectivity index (χ4v) is 5.45. The number of benzene rings is 2. The molecule has 3 amide bonds. The maximum Gasteiger partial charge on any atom is 0.387 e. The second-order valence-corrected chi connectivity index (χ2v) is 9.82. The lowest BCUT2D eigenvalue weighted by molar-refractivity contribution is -0.133. The van der Waals surface area contributed by atoms with Gasteiger partial charge < -0.3 is 19.7 Å². The Morgan fingerprint density at radius 1 is 1.22 bits per heavy atom. The molecule has 10 heteroatoms. The summed E-state index contributed by atoms with van der Waals surface area (Å²) >= 11 is 0. The molecule has 3 aromatic rings. The second-order valence-electron chi connectivity index (χ2n) is 9.82. The minimum Gasteiger partial charge on any atom is -0.508 e. The summed E-state index contributed by atoms with van der Waals surface area (Å²) in [6.45, 7) is -0.207. The van der Waals surface area contributed by atoms with Crippen LogP contribution in [0, 0.1) is 0 Å². The molecule has 1 aromatic heterocycles. The van der Waals surface area contributed by atoms with Crippen LogP contribution in [0.15, 0.2) is 42.5 Å². The van der Waals surface area contributed by atoms with E-state index >= 15 is 0 Å². The van der Waals surface area contributed by atoms with Gasteiger partial charge in [-0.25, -0.2) is 4.79 Å². The van der Waals surface area contributed by atoms with Crippen molar-refractivity contribution in [3.8, 4) is 11.5 Å². The van der Waals surface area contributed by atoms with Crippen molar-refractivity contribution in [3.63, 3.8) is 0 Å². The van der Waals surface area contributed by atoms with Gasteiger partial charge in [-0.2, -0.15) is 8.78 Å². The lowest BCUT2D eigenvalue weighted by Crippen LogP contribution is -2.53. The van der Waals surface area contributed by atoms with Crippen LogP contribution in [0.4, 0.5) is 13.6 Å². The Hall–Kier alpha value is -3.66. The second kappa shape index (κ2) is 8.77. The molecule has 36 heavy (non-hydrogen) atoms. The molecule has 0 saturated carbocycles. The van der Waals surface area contributed by atoms with Crippen LogP contribution in [-0.4, -0.2) is 76.1 Å². The predicted octanol–water partition coefficient (Wildman–Crippen LogP) is 4.10. The van der Waals surface area contributed by atoms with E-state index in [1.54, 1.807) is 36.1 Å². The number of fused-ring (bicyclic) bond motifs is 4. The molecule has 1 saturated heterocycles. The Bertz CT molecular complexity index is 1340. The van der Waals surface area contributed by atoms with Gasteiger partial charge in [0.15, 0.2) is 0 Å². The Balaban J connectivity index is 1.65. The summed E-state index contributed by atoms with van der Waals surface area (Å²) in [7, 11) is 3.86. The number of nitrogens with zero attached hydrogens (tertiary/aromatic N) is 3. The Morgan fingerprint density at radius 2 is 2.00 bits per heavy atom. The van der Waals surface area contributed by atoms with Gasteiger partial charge in [0.25, 0.3) is 5.91 Å². The van der Waals surface area contributed by atoms with Crippen LogP contribution in [-0.2, 0) is 11.2 Å². The molecule has 0 bridgehead atoms. The summed E-state index contributed by atoms with van der Waals surface area (Å²) in [6.07, 6.45) is 0.846. The highest BCUT2D eigenvalue weighted by molar-refractivity contribution is 6.08. The number of urea groups is 1. The van der Waals surface area contributed by atoms with E-state index in [1.165, 1.54) is 23.1 Å². The van der Waals surface area contributed by atoms with Crippen molar-refractivity contribution in [2.24, 2.45) is 0 Å². The van der Waals surface area contributed by atoms with E-state index in [-0.39, 0.29) is 36.4 Å². The molecule has 2 aliphatic rings. The average molecular weight is 499 g/mol. The van der Waals surface area contributed by atoms with Crippen LogP contribution in [0.25, 0.3) is 10.9 Å². The third-order valence-electron chi connectivity index (χ3n) is 7.04.